The molecule has 1 aliphatic heterocycles. The fourth-order valence-electron chi connectivity index (χ4n) is 3.23. The molecule has 2 aromatic carbocycles. The van der Waals surface area contributed by atoms with E-state index in [2.05, 4.69) is 5.32 Å². The Morgan fingerprint density at radius 1 is 0.968 bits per heavy atom. The first-order valence-electron chi connectivity index (χ1n) is 10.1. The molecule has 162 valence electrons. The topological polar surface area (TPSA) is 102 Å². The predicted molar refractivity (Wildman–Crippen MR) is 112 cm³/mol. The van der Waals surface area contributed by atoms with Gasteiger partial charge < -0.3 is 14.8 Å². The maximum atomic E-state index is 12.3. The van der Waals surface area contributed by atoms with E-state index in [0.29, 0.717) is 42.0 Å². The monoisotopic (exact) mass is 424 g/mol. The highest BCUT2D eigenvalue weighted by atomic mass is 16.5. The number of esters is 1. The van der Waals surface area contributed by atoms with Crippen LogP contribution in [-0.4, -0.2) is 54.9 Å². The number of nitrogens with zero attached hydrogens (tertiary/aromatic N) is 1. The van der Waals surface area contributed by atoms with Gasteiger partial charge in [0.1, 0.15) is 12.4 Å². The van der Waals surface area contributed by atoms with Gasteiger partial charge in [0.05, 0.1) is 29.8 Å². The van der Waals surface area contributed by atoms with Gasteiger partial charge in [-0.1, -0.05) is 24.3 Å². The van der Waals surface area contributed by atoms with Crippen molar-refractivity contribution in [3.05, 3.63) is 65.2 Å². The second kappa shape index (κ2) is 10.4. The number of nitrogens with one attached hydrogen (secondary N) is 1. The van der Waals surface area contributed by atoms with E-state index >= 15 is 0 Å². The minimum atomic E-state index is -0.458. The van der Waals surface area contributed by atoms with Crippen molar-refractivity contribution in [3.8, 4) is 5.75 Å². The SMILES string of the molecule is CCOc1ccccc1C(=O)NCCCC(=O)OCCN1C(=O)c2ccccc2C1=O. The number of imide groups is 1. The van der Waals surface area contributed by atoms with E-state index in [1.807, 2.05) is 6.92 Å². The third kappa shape index (κ3) is 5.28. The lowest BCUT2D eigenvalue weighted by atomic mass is 10.1. The zero-order valence-electron chi connectivity index (χ0n) is 17.3. The fourth-order valence-corrected chi connectivity index (χ4v) is 3.23. The number of carbonyl (C=O) groups excluding carboxylic acids is 4. The molecule has 0 radical (unpaired) electrons. The average molecular weight is 424 g/mol. The van der Waals surface area contributed by atoms with Crippen LogP contribution in [-0.2, 0) is 9.53 Å². The Kier molecular flexibility index (Phi) is 7.37. The first-order valence-corrected chi connectivity index (χ1v) is 10.1. The van der Waals surface area contributed by atoms with E-state index < -0.39 is 5.97 Å². The molecule has 1 heterocycles. The molecule has 0 saturated heterocycles. The van der Waals surface area contributed by atoms with Crippen LogP contribution in [0.1, 0.15) is 50.8 Å². The smallest absolute Gasteiger partial charge is 0.305 e. The van der Waals surface area contributed by atoms with Crippen LogP contribution in [0.15, 0.2) is 48.5 Å². The lowest BCUT2D eigenvalue weighted by Gasteiger charge is -2.14. The number of para-hydroxylation sites is 1. The van der Waals surface area contributed by atoms with Crippen LogP contribution in [0.4, 0.5) is 0 Å². The van der Waals surface area contributed by atoms with Crippen LogP contribution < -0.4 is 10.1 Å². The first kappa shape index (κ1) is 22.0. The summed E-state index contributed by atoms with van der Waals surface area (Å²) in [4.78, 5) is 49.8. The Balaban J connectivity index is 1.36. The number of benzene rings is 2. The van der Waals surface area contributed by atoms with Gasteiger partial charge >= 0.3 is 5.97 Å². The average Bonchev–Trinajstić information content (AvgIpc) is 3.02. The van der Waals surface area contributed by atoms with Crippen LogP contribution in [0.2, 0.25) is 0 Å². The van der Waals surface area contributed by atoms with E-state index in [0.717, 1.165) is 4.90 Å². The van der Waals surface area contributed by atoms with Crippen molar-refractivity contribution in [2.75, 3.05) is 26.3 Å². The molecule has 1 aliphatic rings. The van der Waals surface area contributed by atoms with Crippen molar-refractivity contribution in [1.29, 1.82) is 0 Å². The number of hydrogen-bond acceptors (Lipinski definition) is 6. The van der Waals surface area contributed by atoms with Crippen LogP contribution in [0, 0.1) is 0 Å². The number of fused-ring (bicyclic) bond motifs is 1. The van der Waals surface area contributed by atoms with Crippen molar-refractivity contribution in [3.63, 3.8) is 0 Å². The highest BCUT2D eigenvalue weighted by molar-refractivity contribution is 6.21. The van der Waals surface area contributed by atoms with E-state index in [1.165, 1.54) is 0 Å². The second-order valence-corrected chi connectivity index (χ2v) is 6.82. The Bertz CT molecular complexity index is 953. The maximum absolute atomic E-state index is 12.3. The summed E-state index contributed by atoms with van der Waals surface area (Å²) in [5.74, 6) is -0.989. The number of carbonyl (C=O) groups is 4. The lowest BCUT2D eigenvalue weighted by molar-refractivity contribution is -0.143. The second-order valence-electron chi connectivity index (χ2n) is 6.82. The van der Waals surface area contributed by atoms with Gasteiger partial charge in [-0.15, -0.1) is 0 Å². The highest BCUT2D eigenvalue weighted by Gasteiger charge is 2.34. The molecule has 8 nitrogen and oxygen atoms in total. The van der Waals surface area contributed by atoms with Gasteiger partial charge in [0, 0.05) is 13.0 Å². The summed E-state index contributed by atoms with van der Waals surface area (Å²) in [6.07, 6.45) is 0.504. The molecule has 3 amide bonds. The third-order valence-electron chi connectivity index (χ3n) is 4.73. The zero-order valence-corrected chi connectivity index (χ0v) is 17.3. The van der Waals surface area contributed by atoms with Crippen molar-refractivity contribution < 1.29 is 28.7 Å². The minimum absolute atomic E-state index is 0.00301. The predicted octanol–water partition coefficient (Wildman–Crippen LogP) is 2.43. The molecule has 31 heavy (non-hydrogen) atoms. The minimum Gasteiger partial charge on any atom is -0.493 e. The quantitative estimate of drug-likeness (QED) is 0.357. The zero-order chi connectivity index (χ0) is 22.2. The molecule has 0 bridgehead atoms. The Labute approximate surface area is 180 Å². The highest BCUT2D eigenvalue weighted by Crippen LogP contribution is 2.22. The normalized spacial score (nSPS) is 12.5. The van der Waals surface area contributed by atoms with Gasteiger partial charge in [-0.25, -0.2) is 0 Å². The summed E-state index contributed by atoms with van der Waals surface area (Å²) in [7, 11) is 0. The molecule has 0 saturated carbocycles. The summed E-state index contributed by atoms with van der Waals surface area (Å²) in [6, 6.07) is 13.5. The van der Waals surface area contributed by atoms with Crippen molar-refractivity contribution in [1.82, 2.24) is 10.2 Å². The molecule has 3 rings (SSSR count). The van der Waals surface area contributed by atoms with Crippen LogP contribution in [0.3, 0.4) is 0 Å². The van der Waals surface area contributed by atoms with E-state index in [4.69, 9.17) is 9.47 Å². The summed E-state index contributed by atoms with van der Waals surface area (Å²) in [5, 5.41) is 2.75. The number of ether oxygens (including phenoxy) is 2. The fraction of sp³-hybridized carbons (Fsp3) is 0.304. The molecule has 0 unspecified atom stereocenters. The summed E-state index contributed by atoms with van der Waals surface area (Å²) < 4.78 is 10.6. The third-order valence-corrected chi connectivity index (χ3v) is 4.73. The summed E-state index contributed by atoms with van der Waals surface area (Å²) in [5.41, 5.74) is 1.16. The molecular weight excluding hydrogens is 400 g/mol. The van der Waals surface area contributed by atoms with Crippen molar-refractivity contribution in [2.24, 2.45) is 0 Å². The first-order chi connectivity index (χ1) is 15.0. The van der Waals surface area contributed by atoms with Gasteiger partial charge in [-0.05, 0) is 37.6 Å². The molecule has 0 aromatic heterocycles. The summed E-state index contributed by atoms with van der Waals surface area (Å²) >= 11 is 0. The largest absolute Gasteiger partial charge is 0.493 e. The molecule has 0 aliphatic carbocycles. The van der Waals surface area contributed by atoms with Gasteiger partial charge in [0.15, 0.2) is 0 Å². The molecule has 0 fully saturated rings. The van der Waals surface area contributed by atoms with E-state index in [1.54, 1.807) is 48.5 Å². The number of rotatable bonds is 10. The van der Waals surface area contributed by atoms with Crippen molar-refractivity contribution >= 4 is 23.7 Å². The number of amides is 3. The molecule has 8 heteroatoms. The van der Waals surface area contributed by atoms with Crippen molar-refractivity contribution in [2.45, 2.75) is 19.8 Å². The molecule has 1 N–H and O–H groups in total. The maximum Gasteiger partial charge on any atom is 0.305 e. The number of hydrogen-bond donors (Lipinski definition) is 1. The molecular formula is C23H24N2O6. The van der Waals surface area contributed by atoms with Gasteiger partial charge in [-0.3, -0.25) is 24.1 Å². The van der Waals surface area contributed by atoms with Crippen LogP contribution in [0.25, 0.3) is 0 Å². The Morgan fingerprint density at radius 2 is 1.61 bits per heavy atom. The molecule has 0 atom stereocenters. The van der Waals surface area contributed by atoms with Gasteiger partial charge in [0.2, 0.25) is 0 Å². The van der Waals surface area contributed by atoms with E-state index in [9.17, 15) is 19.2 Å². The Morgan fingerprint density at radius 3 is 2.29 bits per heavy atom. The van der Waals surface area contributed by atoms with Gasteiger partial charge in [0.25, 0.3) is 17.7 Å². The van der Waals surface area contributed by atoms with E-state index in [-0.39, 0.29) is 37.3 Å². The Hall–Kier alpha value is -3.68. The molecule has 2 aromatic rings. The summed E-state index contributed by atoms with van der Waals surface area (Å²) in [6.45, 7) is 2.53. The lowest BCUT2D eigenvalue weighted by Crippen LogP contribution is -2.33. The molecule has 0 spiro atoms. The van der Waals surface area contributed by atoms with Gasteiger partial charge in [-0.2, -0.15) is 0 Å². The van der Waals surface area contributed by atoms with Crippen LogP contribution >= 0.6 is 0 Å². The van der Waals surface area contributed by atoms with Crippen LogP contribution in [0.5, 0.6) is 5.75 Å². The standard InChI is InChI=1S/C23H24N2O6/c1-2-30-19-11-6-5-10-18(19)21(27)24-13-7-12-20(26)31-15-14-25-22(28)16-8-3-4-9-17(16)23(25)29/h3-6,8-11H,2,7,12-15H2,1H3,(H,24,27).